The van der Waals surface area contributed by atoms with Gasteiger partial charge in [-0.05, 0) is 29.7 Å². The predicted molar refractivity (Wildman–Crippen MR) is 78.4 cm³/mol. The fraction of sp³-hybridized carbons (Fsp3) is 0.438. The van der Waals surface area contributed by atoms with Crippen molar-refractivity contribution in [3.63, 3.8) is 0 Å². The molecule has 1 saturated heterocycles. The molecule has 0 amide bonds. The van der Waals surface area contributed by atoms with Gasteiger partial charge in [0.05, 0.1) is 18.4 Å². The summed E-state index contributed by atoms with van der Waals surface area (Å²) in [6.45, 7) is 3.08. The molecule has 4 rings (SSSR count). The number of hydrogen-bond donors (Lipinski definition) is 2. The minimum absolute atomic E-state index is 0.0378. The van der Waals surface area contributed by atoms with E-state index in [1.165, 1.54) is 11.1 Å². The van der Waals surface area contributed by atoms with Gasteiger partial charge in [0.15, 0.2) is 6.29 Å². The molecule has 0 radical (unpaired) electrons. The van der Waals surface area contributed by atoms with Crippen LogP contribution in [0.1, 0.15) is 21.6 Å². The molecule has 1 aromatic carbocycles. The Morgan fingerprint density at radius 2 is 2.38 bits per heavy atom. The topological polar surface area (TPSA) is 65.6 Å². The van der Waals surface area contributed by atoms with E-state index in [0.29, 0.717) is 12.3 Å². The molecule has 110 valence electrons. The lowest BCUT2D eigenvalue weighted by molar-refractivity contribution is -0.170. The Bertz CT molecular complexity index is 694. The second kappa shape index (κ2) is 4.94. The smallest absolute Gasteiger partial charge is 0.166 e. The first-order valence-electron chi connectivity index (χ1n) is 7.35. The number of aliphatic hydroxyl groups is 1. The molecule has 1 fully saturated rings. The first-order valence-corrected chi connectivity index (χ1v) is 7.35. The number of aliphatic hydroxyl groups excluding tert-OH is 1. The van der Waals surface area contributed by atoms with Crippen LogP contribution in [0.15, 0.2) is 18.2 Å². The maximum atomic E-state index is 10.9. The highest BCUT2D eigenvalue weighted by atomic mass is 16.5. The highest BCUT2D eigenvalue weighted by Gasteiger charge is 2.32. The van der Waals surface area contributed by atoms with E-state index in [1.54, 1.807) is 0 Å². The zero-order valence-corrected chi connectivity index (χ0v) is 11.7. The van der Waals surface area contributed by atoms with Crippen molar-refractivity contribution in [1.82, 2.24) is 9.88 Å². The van der Waals surface area contributed by atoms with Gasteiger partial charge in [0.25, 0.3) is 0 Å². The number of aldehydes is 1. The molecular weight excluding hydrogens is 268 g/mol. The molecule has 0 spiro atoms. The monoisotopic (exact) mass is 286 g/mol. The lowest BCUT2D eigenvalue weighted by atomic mass is 9.95. The Hall–Kier alpha value is -1.69. The van der Waals surface area contributed by atoms with Crippen molar-refractivity contribution in [2.24, 2.45) is 0 Å². The first kappa shape index (κ1) is 13.0. The van der Waals surface area contributed by atoms with E-state index in [1.807, 2.05) is 12.1 Å². The Labute approximate surface area is 122 Å². The van der Waals surface area contributed by atoms with Crippen LogP contribution in [0.3, 0.4) is 0 Å². The molecule has 2 aromatic rings. The number of benzene rings is 1. The van der Waals surface area contributed by atoms with Crippen molar-refractivity contribution >= 4 is 17.2 Å². The minimum Gasteiger partial charge on any atom is -0.388 e. The van der Waals surface area contributed by atoms with Crippen molar-refractivity contribution in [1.29, 1.82) is 0 Å². The van der Waals surface area contributed by atoms with Crippen LogP contribution in [0.5, 0.6) is 0 Å². The van der Waals surface area contributed by atoms with Crippen LogP contribution in [0.2, 0.25) is 0 Å². The van der Waals surface area contributed by atoms with Crippen LogP contribution in [0.4, 0.5) is 0 Å². The fourth-order valence-electron chi connectivity index (χ4n) is 3.33. The Balaban J connectivity index is 1.59. The van der Waals surface area contributed by atoms with E-state index in [-0.39, 0.29) is 12.2 Å². The van der Waals surface area contributed by atoms with Crippen molar-refractivity contribution in [3.05, 3.63) is 35.0 Å². The highest BCUT2D eigenvalue weighted by molar-refractivity contribution is 5.90. The van der Waals surface area contributed by atoms with Crippen LogP contribution >= 0.6 is 0 Å². The molecule has 0 saturated carbocycles. The maximum Gasteiger partial charge on any atom is 0.166 e. The van der Waals surface area contributed by atoms with Gasteiger partial charge in [-0.2, -0.15) is 0 Å². The third-order valence-electron chi connectivity index (χ3n) is 4.58. The quantitative estimate of drug-likeness (QED) is 0.829. The largest absolute Gasteiger partial charge is 0.388 e. The van der Waals surface area contributed by atoms with Gasteiger partial charge in [-0.1, -0.05) is 6.07 Å². The summed E-state index contributed by atoms with van der Waals surface area (Å²) in [7, 11) is 0. The van der Waals surface area contributed by atoms with Gasteiger partial charge < -0.3 is 14.8 Å². The maximum absolute atomic E-state index is 10.9. The molecular formula is C16H18N2O3. The van der Waals surface area contributed by atoms with Crippen LogP contribution in [-0.2, 0) is 17.7 Å². The number of H-pyrrole nitrogens is 1. The van der Waals surface area contributed by atoms with Gasteiger partial charge in [-0.15, -0.1) is 0 Å². The third-order valence-corrected chi connectivity index (χ3v) is 4.58. The normalized spacial score (nSPS) is 25.6. The zero-order valence-electron chi connectivity index (χ0n) is 11.7. The molecule has 5 nitrogen and oxygen atoms in total. The molecule has 2 unspecified atom stereocenters. The number of aromatic amines is 1. The van der Waals surface area contributed by atoms with Gasteiger partial charge in [-0.25, -0.2) is 0 Å². The second-order valence-corrected chi connectivity index (χ2v) is 5.93. The zero-order chi connectivity index (χ0) is 14.4. The van der Waals surface area contributed by atoms with E-state index in [2.05, 4.69) is 16.0 Å². The number of nitrogens with zero attached hydrogens (tertiary/aromatic N) is 1. The van der Waals surface area contributed by atoms with Gasteiger partial charge in [0.2, 0.25) is 0 Å². The van der Waals surface area contributed by atoms with Crippen LogP contribution < -0.4 is 0 Å². The minimum atomic E-state index is -0.311. The number of carbonyl (C=O) groups excluding carboxylic acids is 1. The number of ether oxygens (including phenoxy) is 1. The van der Waals surface area contributed by atoms with E-state index in [4.69, 9.17) is 4.74 Å². The SMILES string of the molecule is O=Cc1cc2c3c(ccc2[nH]1)CN(CC1OCC1O)CC3. The van der Waals surface area contributed by atoms with Crippen LogP contribution in [0.25, 0.3) is 10.9 Å². The number of hydrogen-bond acceptors (Lipinski definition) is 4. The fourth-order valence-corrected chi connectivity index (χ4v) is 3.33. The summed E-state index contributed by atoms with van der Waals surface area (Å²) in [6, 6.07) is 6.11. The summed E-state index contributed by atoms with van der Waals surface area (Å²) in [5.74, 6) is 0. The lowest BCUT2D eigenvalue weighted by Crippen LogP contribution is -2.52. The average Bonchev–Trinajstić information content (AvgIpc) is 2.94. The predicted octanol–water partition coefficient (Wildman–Crippen LogP) is 1.10. The molecule has 2 aliphatic rings. The molecule has 1 aromatic heterocycles. The number of fused-ring (bicyclic) bond motifs is 3. The standard InChI is InChI=1S/C16H18N2O3/c19-8-11-5-13-12-3-4-18(7-16-15(20)9-21-16)6-10(12)1-2-14(13)17-11/h1-2,5,8,15-17,20H,3-4,6-7,9H2. The molecule has 0 aliphatic carbocycles. The summed E-state index contributed by atoms with van der Waals surface area (Å²) >= 11 is 0. The molecule has 2 atom stereocenters. The summed E-state index contributed by atoms with van der Waals surface area (Å²) in [4.78, 5) is 16.4. The number of nitrogens with one attached hydrogen (secondary N) is 1. The van der Waals surface area contributed by atoms with E-state index in [0.717, 1.165) is 43.2 Å². The van der Waals surface area contributed by atoms with Gasteiger partial charge in [0, 0.05) is 30.5 Å². The van der Waals surface area contributed by atoms with Crippen LogP contribution in [0, 0.1) is 0 Å². The van der Waals surface area contributed by atoms with E-state index >= 15 is 0 Å². The van der Waals surface area contributed by atoms with Gasteiger partial charge in [0.1, 0.15) is 6.10 Å². The number of carbonyl (C=O) groups is 1. The summed E-state index contributed by atoms with van der Waals surface area (Å²) < 4.78 is 5.39. The molecule has 2 aliphatic heterocycles. The molecule has 21 heavy (non-hydrogen) atoms. The highest BCUT2D eigenvalue weighted by Crippen LogP contribution is 2.28. The molecule has 0 bridgehead atoms. The third kappa shape index (κ3) is 2.18. The number of aromatic nitrogens is 1. The summed E-state index contributed by atoms with van der Waals surface area (Å²) in [5.41, 5.74) is 4.30. The van der Waals surface area contributed by atoms with Gasteiger partial charge >= 0.3 is 0 Å². The number of rotatable bonds is 3. The Morgan fingerprint density at radius 1 is 1.48 bits per heavy atom. The lowest BCUT2D eigenvalue weighted by Gasteiger charge is -2.38. The second-order valence-electron chi connectivity index (χ2n) is 5.93. The van der Waals surface area contributed by atoms with Crippen molar-refractivity contribution in [2.45, 2.75) is 25.2 Å². The first-order chi connectivity index (χ1) is 10.2. The van der Waals surface area contributed by atoms with Gasteiger partial charge in [-0.3, -0.25) is 9.69 Å². The summed E-state index contributed by atoms with van der Waals surface area (Å²) in [6.07, 6.45) is 1.47. The van der Waals surface area contributed by atoms with Crippen LogP contribution in [-0.4, -0.2) is 53.2 Å². The van der Waals surface area contributed by atoms with Crippen molar-refractivity contribution < 1.29 is 14.6 Å². The van der Waals surface area contributed by atoms with Crippen molar-refractivity contribution in [2.75, 3.05) is 19.7 Å². The molecule has 2 N–H and O–H groups in total. The molecule has 3 heterocycles. The van der Waals surface area contributed by atoms with E-state index < -0.39 is 0 Å². The summed E-state index contributed by atoms with van der Waals surface area (Å²) in [5, 5.41) is 10.8. The molecule has 5 heteroatoms. The van der Waals surface area contributed by atoms with E-state index in [9.17, 15) is 9.90 Å². The average molecular weight is 286 g/mol. The Morgan fingerprint density at radius 3 is 3.10 bits per heavy atom. The Kier molecular flexibility index (Phi) is 3.06. The van der Waals surface area contributed by atoms with Crippen molar-refractivity contribution in [3.8, 4) is 0 Å².